The van der Waals surface area contributed by atoms with Gasteiger partial charge in [0.05, 0.1) is 18.4 Å². The quantitative estimate of drug-likeness (QED) is 0.365. The van der Waals surface area contributed by atoms with Gasteiger partial charge in [0.1, 0.15) is 11.6 Å². The lowest BCUT2D eigenvalue weighted by atomic mass is 10.1. The van der Waals surface area contributed by atoms with Crippen molar-refractivity contribution in [2.24, 2.45) is 11.5 Å². The number of hydrogen-bond acceptors (Lipinski definition) is 7. The van der Waals surface area contributed by atoms with Crippen LogP contribution < -0.4 is 26.8 Å². The first-order chi connectivity index (χ1) is 15.8. The molecule has 0 radical (unpaired) electrons. The fraction of sp³-hybridized carbons (Fsp3) is 0.292. The molecule has 3 aromatic rings. The number of ether oxygens (including phenoxy) is 1. The molecule has 2 aromatic heterocycles. The van der Waals surface area contributed by atoms with E-state index >= 15 is 0 Å². The number of nitrogens with two attached hydrogens (primary N) is 2. The van der Waals surface area contributed by atoms with E-state index in [0.29, 0.717) is 11.4 Å². The van der Waals surface area contributed by atoms with Gasteiger partial charge in [-0.05, 0) is 55.8 Å². The number of carbonyl (C=O) groups excluding carboxylic acids is 1. The Morgan fingerprint density at radius 1 is 1.18 bits per heavy atom. The number of methoxy groups -OCH3 is 1. The van der Waals surface area contributed by atoms with Crippen molar-refractivity contribution in [1.29, 1.82) is 0 Å². The minimum atomic E-state index is -0.794. The highest BCUT2D eigenvalue weighted by Crippen LogP contribution is 2.27. The van der Waals surface area contributed by atoms with E-state index < -0.39 is 11.7 Å². The molecule has 0 saturated carbocycles. The van der Waals surface area contributed by atoms with Crippen LogP contribution in [0, 0.1) is 5.82 Å². The molecule has 0 fully saturated rings. The Hall–Kier alpha value is -3.72. The first-order valence-corrected chi connectivity index (χ1v) is 10.7. The van der Waals surface area contributed by atoms with Gasteiger partial charge >= 0.3 is 0 Å². The van der Waals surface area contributed by atoms with E-state index in [1.807, 2.05) is 38.1 Å². The lowest BCUT2D eigenvalue weighted by molar-refractivity contribution is 0.100. The zero-order chi connectivity index (χ0) is 24.0. The van der Waals surface area contributed by atoms with E-state index in [9.17, 15) is 9.18 Å². The Labute approximate surface area is 192 Å². The van der Waals surface area contributed by atoms with Crippen LogP contribution in [0.1, 0.15) is 37.0 Å². The van der Waals surface area contributed by atoms with Crippen LogP contribution in [0.25, 0.3) is 11.3 Å². The second kappa shape index (κ2) is 10.7. The zero-order valence-corrected chi connectivity index (χ0v) is 18.9. The van der Waals surface area contributed by atoms with Crippen molar-refractivity contribution >= 4 is 23.2 Å². The van der Waals surface area contributed by atoms with Crippen molar-refractivity contribution in [3.05, 3.63) is 60.0 Å². The number of hydrogen-bond donors (Lipinski definition) is 4. The maximum Gasteiger partial charge on any atom is 0.252 e. The number of benzene rings is 1. The van der Waals surface area contributed by atoms with Gasteiger partial charge in [-0.25, -0.2) is 9.37 Å². The molecule has 2 atom stereocenters. The number of nitrogens with zero attached hydrogens (tertiary/aromatic N) is 2. The third-order valence-electron chi connectivity index (χ3n) is 5.21. The van der Waals surface area contributed by atoms with Crippen molar-refractivity contribution in [1.82, 2.24) is 9.97 Å². The first kappa shape index (κ1) is 23.9. The molecule has 1 amide bonds. The normalized spacial score (nSPS) is 12.6. The SMILES string of the molecule is CCC[C@@H](Nc1nc(Nc2ccnc(-c3ccc(OC)cc3)c2)c(C(N)=O)cc1F)[C@H](C)N. The molecule has 0 aliphatic heterocycles. The maximum absolute atomic E-state index is 14.7. The van der Waals surface area contributed by atoms with Crippen LogP contribution in [0.2, 0.25) is 0 Å². The summed E-state index contributed by atoms with van der Waals surface area (Å²) in [4.78, 5) is 20.7. The minimum absolute atomic E-state index is 0.00249. The van der Waals surface area contributed by atoms with Crippen LogP contribution in [0.5, 0.6) is 5.75 Å². The average Bonchev–Trinajstić information content (AvgIpc) is 2.80. The van der Waals surface area contributed by atoms with E-state index in [2.05, 4.69) is 20.6 Å². The molecule has 8 nitrogen and oxygen atoms in total. The molecule has 1 aromatic carbocycles. The first-order valence-electron chi connectivity index (χ1n) is 10.7. The standard InChI is InChI=1S/C24H29FN6O2/c1-4-5-20(14(2)26)30-24-19(25)13-18(22(27)32)23(31-24)29-16-10-11-28-21(12-16)15-6-8-17(33-3)9-7-15/h6-14,20H,4-5,26H2,1-3H3,(H2,27,32)(H2,28,29,30,31)/t14-,20+/m0/s1. The smallest absolute Gasteiger partial charge is 0.252 e. The van der Waals surface area contributed by atoms with Crippen molar-refractivity contribution in [3.63, 3.8) is 0 Å². The largest absolute Gasteiger partial charge is 0.497 e. The maximum atomic E-state index is 14.7. The summed E-state index contributed by atoms with van der Waals surface area (Å²) in [6, 6.07) is 11.7. The Balaban J connectivity index is 1.94. The van der Waals surface area contributed by atoms with Gasteiger partial charge in [-0.3, -0.25) is 9.78 Å². The topological polar surface area (TPSA) is 128 Å². The van der Waals surface area contributed by atoms with Gasteiger partial charge < -0.3 is 26.8 Å². The Bertz CT molecular complexity index is 1100. The average molecular weight is 453 g/mol. The van der Waals surface area contributed by atoms with E-state index in [1.54, 1.807) is 25.4 Å². The Morgan fingerprint density at radius 2 is 1.91 bits per heavy atom. The number of aromatic nitrogens is 2. The number of pyridine rings is 2. The predicted octanol–water partition coefficient (Wildman–Crippen LogP) is 4.06. The third-order valence-corrected chi connectivity index (χ3v) is 5.21. The lowest BCUT2D eigenvalue weighted by Crippen LogP contribution is -2.38. The molecule has 2 heterocycles. The van der Waals surface area contributed by atoms with Crippen LogP contribution in [-0.4, -0.2) is 35.1 Å². The van der Waals surface area contributed by atoms with E-state index in [4.69, 9.17) is 16.2 Å². The summed E-state index contributed by atoms with van der Waals surface area (Å²) in [5.41, 5.74) is 13.6. The second-order valence-corrected chi connectivity index (χ2v) is 7.76. The van der Waals surface area contributed by atoms with E-state index in [0.717, 1.165) is 30.2 Å². The summed E-state index contributed by atoms with van der Waals surface area (Å²) in [7, 11) is 1.60. The molecule has 6 N–H and O–H groups in total. The van der Waals surface area contributed by atoms with Gasteiger partial charge in [-0.2, -0.15) is 0 Å². The van der Waals surface area contributed by atoms with Crippen molar-refractivity contribution in [3.8, 4) is 17.0 Å². The van der Waals surface area contributed by atoms with Crippen LogP contribution >= 0.6 is 0 Å². The number of primary amides is 1. The summed E-state index contributed by atoms with van der Waals surface area (Å²) in [5.74, 6) is -0.592. The predicted molar refractivity (Wildman–Crippen MR) is 128 cm³/mol. The lowest BCUT2D eigenvalue weighted by Gasteiger charge is -2.23. The summed E-state index contributed by atoms with van der Waals surface area (Å²) < 4.78 is 19.9. The molecule has 0 unspecified atom stereocenters. The molecule has 0 spiro atoms. The van der Waals surface area contributed by atoms with Crippen molar-refractivity contribution < 1.29 is 13.9 Å². The molecular weight excluding hydrogens is 423 g/mol. The van der Waals surface area contributed by atoms with Gasteiger partial charge in [0.2, 0.25) is 0 Å². The molecule has 174 valence electrons. The molecule has 0 saturated heterocycles. The number of carbonyl (C=O) groups is 1. The number of anilines is 3. The molecule has 9 heteroatoms. The highest BCUT2D eigenvalue weighted by Gasteiger charge is 2.20. The highest BCUT2D eigenvalue weighted by molar-refractivity contribution is 5.98. The summed E-state index contributed by atoms with van der Waals surface area (Å²) in [6.45, 7) is 3.87. The van der Waals surface area contributed by atoms with Crippen molar-refractivity contribution in [2.45, 2.75) is 38.8 Å². The highest BCUT2D eigenvalue weighted by atomic mass is 19.1. The minimum Gasteiger partial charge on any atom is -0.497 e. The number of nitrogens with one attached hydrogen (secondary N) is 2. The third kappa shape index (κ3) is 5.95. The van der Waals surface area contributed by atoms with Crippen LogP contribution in [0.4, 0.5) is 21.7 Å². The molecule has 33 heavy (non-hydrogen) atoms. The summed E-state index contributed by atoms with van der Waals surface area (Å²) >= 11 is 0. The number of halogens is 1. The molecular formula is C24H29FN6O2. The second-order valence-electron chi connectivity index (χ2n) is 7.76. The number of amides is 1. The van der Waals surface area contributed by atoms with Gasteiger partial charge in [-0.15, -0.1) is 0 Å². The molecule has 0 aliphatic carbocycles. The monoisotopic (exact) mass is 452 g/mol. The summed E-state index contributed by atoms with van der Waals surface area (Å²) in [5, 5.41) is 6.13. The van der Waals surface area contributed by atoms with Crippen LogP contribution in [0.15, 0.2) is 48.7 Å². The van der Waals surface area contributed by atoms with Crippen molar-refractivity contribution in [2.75, 3.05) is 17.7 Å². The van der Waals surface area contributed by atoms with Gasteiger partial charge in [0, 0.05) is 29.5 Å². The van der Waals surface area contributed by atoms with E-state index in [1.165, 1.54) is 0 Å². The fourth-order valence-corrected chi connectivity index (χ4v) is 3.39. The molecule has 0 aliphatic rings. The molecule has 0 bridgehead atoms. The number of rotatable bonds is 10. The molecule has 3 rings (SSSR count). The fourth-order valence-electron chi connectivity index (χ4n) is 3.39. The zero-order valence-electron chi connectivity index (χ0n) is 18.9. The van der Waals surface area contributed by atoms with Gasteiger partial charge in [0.15, 0.2) is 11.6 Å². The van der Waals surface area contributed by atoms with Crippen LogP contribution in [0.3, 0.4) is 0 Å². The van der Waals surface area contributed by atoms with Crippen LogP contribution in [-0.2, 0) is 0 Å². The van der Waals surface area contributed by atoms with Gasteiger partial charge in [0.25, 0.3) is 5.91 Å². The Morgan fingerprint density at radius 3 is 2.52 bits per heavy atom. The van der Waals surface area contributed by atoms with Gasteiger partial charge in [-0.1, -0.05) is 13.3 Å². The summed E-state index contributed by atoms with van der Waals surface area (Å²) in [6.07, 6.45) is 3.24. The Kier molecular flexibility index (Phi) is 7.78. The van der Waals surface area contributed by atoms with E-state index in [-0.39, 0.29) is 29.3 Å².